The third kappa shape index (κ3) is 3.69. The number of anilines is 2. The molecule has 2 unspecified atom stereocenters. The minimum absolute atomic E-state index is 0.00233. The molecule has 2 rings (SSSR count). The molecule has 0 amide bonds. The molecule has 7 heteroatoms. The summed E-state index contributed by atoms with van der Waals surface area (Å²) in [5, 5.41) is 2.18. The Bertz CT molecular complexity index is 442. The molecule has 2 atom stereocenters. The minimum atomic E-state index is -0.00233. The Labute approximate surface area is 119 Å². The van der Waals surface area contributed by atoms with Crippen LogP contribution in [0.3, 0.4) is 0 Å². The average Bonchev–Trinajstić information content (AvgIpc) is 2.32. The summed E-state index contributed by atoms with van der Waals surface area (Å²) >= 11 is 0. The first kappa shape index (κ1) is 14.8. The predicted octanol–water partition coefficient (Wildman–Crippen LogP) is 1.83. The van der Waals surface area contributed by atoms with E-state index < -0.39 is 0 Å². The monoisotopic (exact) mass is 280 g/mol. The van der Waals surface area contributed by atoms with Crippen LogP contribution in [0, 0.1) is 0 Å². The molecule has 1 aliphatic rings. The fraction of sp³-hybridized carbons (Fsp3) is 0.769. The number of piperidine rings is 1. The minimum Gasteiger partial charge on any atom is -0.461 e. The molecule has 112 valence electrons. The fourth-order valence-electron chi connectivity index (χ4n) is 2.44. The van der Waals surface area contributed by atoms with Crippen LogP contribution in [0.2, 0.25) is 0 Å². The van der Waals surface area contributed by atoms with Crippen LogP contribution in [0.15, 0.2) is 0 Å². The van der Waals surface area contributed by atoms with Crippen molar-refractivity contribution in [1.82, 2.24) is 20.0 Å². The van der Waals surface area contributed by atoms with E-state index in [1.54, 1.807) is 0 Å². The van der Waals surface area contributed by atoms with Crippen LogP contribution in [0.25, 0.3) is 0 Å². The maximum atomic E-state index is 5.71. The summed E-state index contributed by atoms with van der Waals surface area (Å²) in [5.41, 5.74) is 8.95. The number of nitrogens with one attached hydrogen (secondary N) is 1. The molecule has 20 heavy (non-hydrogen) atoms. The van der Waals surface area contributed by atoms with E-state index in [1.807, 2.05) is 13.8 Å². The Kier molecular flexibility index (Phi) is 4.59. The summed E-state index contributed by atoms with van der Waals surface area (Å²) < 4.78 is 5.48. The lowest BCUT2D eigenvalue weighted by Gasteiger charge is -2.38. The van der Waals surface area contributed by atoms with Gasteiger partial charge in [0.2, 0.25) is 11.9 Å². The molecule has 1 fully saturated rings. The third-order valence-corrected chi connectivity index (χ3v) is 3.40. The van der Waals surface area contributed by atoms with Crippen molar-refractivity contribution in [3.63, 3.8) is 0 Å². The molecule has 3 N–H and O–H groups in total. The van der Waals surface area contributed by atoms with Crippen LogP contribution in [-0.2, 0) is 0 Å². The summed E-state index contributed by atoms with van der Waals surface area (Å²) in [6.07, 6.45) is 3.57. The second-order valence-corrected chi connectivity index (χ2v) is 5.61. The quantitative estimate of drug-likeness (QED) is 0.869. The highest BCUT2D eigenvalue weighted by molar-refractivity contribution is 5.32. The Morgan fingerprint density at radius 2 is 1.85 bits per heavy atom. The van der Waals surface area contributed by atoms with Crippen molar-refractivity contribution in [1.29, 1.82) is 0 Å². The van der Waals surface area contributed by atoms with Gasteiger partial charge in [0.15, 0.2) is 0 Å². The van der Waals surface area contributed by atoms with Gasteiger partial charge in [-0.3, -0.25) is 5.43 Å². The van der Waals surface area contributed by atoms with E-state index in [2.05, 4.69) is 39.2 Å². The molecule has 1 aromatic heterocycles. The first-order valence-corrected chi connectivity index (χ1v) is 7.19. The smallest absolute Gasteiger partial charge is 0.323 e. The largest absolute Gasteiger partial charge is 0.461 e. The number of nitrogens with two attached hydrogens (primary N) is 1. The molecule has 1 aliphatic heterocycles. The zero-order chi connectivity index (χ0) is 14.7. The van der Waals surface area contributed by atoms with Crippen molar-refractivity contribution < 1.29 is 4.74 Å². The molecule has 0 aliphatic carbocycles. The van der Waals surface area contributed by atoms with E-state index in [4.69, 9.17) is 10.5 Å². The highest BCUT2D eigenvalue weighted by atomic mass is 16.5. The van der Waals surface area contributed by atoms with E-state index in [0.29, 0.717) is 18.0 Å². The van der Waals surface area contributed by atoms with Gasteiger partial charge in [-0.15, -0.1) is 0 Å². The summed E-state index contributed by atoms with van der Waals surface area (Å²) in [6, 6.07) is 1.13. The zero-order valence-corrected chi connectivity index (χ0v) is 12.6. The van der Waals surface area contributed by atoms with Crippen LogP contribution >= 0.6 is 0 Å². The van der Waals surface area contributed by atoms with E-state index in [0.717, 1.165) is 12.8 Å². The van der Waals surface area contributed by atoms with Gasteiger partial charge >= 0.3 is 6.01 Å². The third-order valence-electron chi connectivity index (χ3n) is 3.40. The van der Waals surface area contributed by atoms with Gasteiger partial charge in [0.05, 0.1) is 6.10 Å². The second kappa shape index (κ2) is 6.21. The summed E-state index contributed by atoms with van der Waals surface area (Å²) in [7, 11) is 0. The van der Waals surface area contributed by atoms with Crippen LogP contribution in [0.1, 0.15) is 47.0 Å². The standard InChI is InChI=1S/C13H24N6O/c1-8(2)20-13-16-11(14)15-12(17-13)18-19-9(3)6-5-7-10(19)4/h8-10H,5-7H2,1-4H3,(H3,14,15,16,17,18). The maximum Gasteiger partial charge on any atom is 0.323 e. The van der Waals surface area contributed by atoms with Gasteiger partial charge in [-0.1, -0.05) is 6.42 Å². The first-order chi connectivity index (χ1) is 9.45. The van der Waals surface area contributed by atoms with Crippen molar-refractivity contribution in [2.24, 2.45) is 0 Å². The number of aromatic nitrogens is 3. The van der Waals surface area contributed by atoms with Gasteiger partial charge in [-0.2, -0.15) is 15.0 Å². The number of nitrogens with zero attached hydrogens (tertiary/aromatic N) is 4. The molecule has 7 nitrogen and oxygen atoms in total. The molecule has 1 saturated heterocycles. The fourth-order valence-corrected chi connectivity index (χ4v) is 2.44. The Morgan fingerprint density at radius 3 is 2.45 bits per heavy atom. The van der Waals surface area contributed by atoms with E-state index >= 15 is 0 Å². The predicted molar refractivity (Wildman–Crippen MR) is 78.2 cm³/mol. The summed E-state index contributed by atoms with van der Waals surface area (Å²) in [6.45, 7) is 8.22. The number of nitrogen functional groups attached to an aromatic ring is 1. The average molecular weight is 280 g/mol. The van der Waals surface area contributed by atoms with Crippen molar-refractivity contribution in [2.75, 3.05) is 11.2 Å². The zero-order valence-electron chi connectivity index (χ0n) is 12.6. The molecule has 0 saturated carbocycles. The number of hydrazine groups is 1. The first-order valence-electron chi connectivity index (χ1n) is 7.19. The lowest BCUT2D eigenvalue weighted by Crippen LogP contribution is -2.47. The molecule has 0 spiro atoms. The van der Waals surface area contributed by atoms with E-state index in [9.17, 15) is 0 Å². The van der Waals surface area contributed by atoms with E-state index in [1.165, 1.54) is 6.42 Å². The lowest BCUT2D eigenvalue weighted by atomic mass is 10.00. The van der Waals surface area contributed by atoms with Gasteiger partial charge in [-0.25, -0.2) is 5.01 Å². The van der Waals surface area contributed by atoms with E-state index in [-0.39, 0.29) is 18.1 Å². The molecule has 0 aromatic carbocycles. The van der Waals surface area contributed by atoms with Crippen LogP contribution < -0.4 is 15.9 Å². The molecular weight excluding hydrogens is 256 g/mol. The van der Waals surface area contributed by atoms with Crippen LogP contribution in [-0.4, -0.2) is 38.1 Å². The second-order valence-electron chi connectivity index (χ2n) is 5.61. The Balaban J connectivity index is 2.13. The number of rotatable bonds is 4. The van der Waals surface area contributed by atoms with Crippen molar-refractivity contribution in [3.05, 3.63) is 0 Å². The highest BCUT2D eigenvalue weighted by Crippen LogP contribution is 2.23. The number of hydrogen-bond acceptors (Lipinski definition) is 7. The number of hydrogen-bond donors (Lipinski definition) is 2. The molecule has 0 radical (unpaired) electrons. The number of ether oxygens (including phenoxy) is 1. The lowest BCUT2D eigenvalue weighted by molar-refractivity contribution is 0.134. The van der Waals surface area contributed by atoms with Gasteiger partial charge in [-0.05, 0) is 40.5 Å². The molecule has 1 aromatic rings. The summed E-state index contributed by atoms with van der Waals surface area (Å²) in [5.74, 6) is 0.601. The highest BCUT2D eigenvalue weighted by Gasteiger charge is 2.25. The summed E-state index contributed by atoms with van der Waals surface area (Å²) in [4.78, 5) is 12.4. The molecule has 2 heterocycles. The van der Waals surface area contributed by atoms with Gasteiger partial charge < -0.3 is 10.5 Å². The van der Waals surface area contributed by atoms with Crippen LogP contribution in [0.4, 0.5) is 11.9 Å². The van der Waals surface area contributed by atoms with Crippen molar-refractivity contribution >= 4 is 11.9 Å². The maximum absolute atomic E-state index is 5.71. The SMILES string of the molecule is CC(C)Oc1nc(N)nc(NN2C(C)CCCC2C)n1. The normalized spacial score (nSPS) is 23.9. The Morgan fingerprint density at radius 1 is 1.20 bits per heavy atom. The van der Waals surface area contributed by atoms with Gasteiger partial charge in [0.25, 0.3) is 0 Å². The topological polar surface area (TPSA) is 89.2 Å². The Hall–Kier alpha value is -1.63. The van der Waals surface area contributed by atoms with Gasteiger partial charge in [0.1, 0.15) is 0 Å². The molecular formula is C13H24N6O. The van der Waals surface area contributed by atoms with Gasteiger partial charge in [0, 0.05) is 12.1 Å². The molecule has 0 bridgehead atoms. The van der Waals surface area contributed by atoms with Crippen molar-refractivity contribution in [3.8, 4) is 6.01 Å². The van der Waals surface area contributed by atoms with Crippen molar-refractivity contribution in [2.45, 2.75) is 65.1 Å². The van der Waals surface area contributed by atoms with Crippen LogP contribution in [0.5, 0.6) is 6.01 Å².